The first-order valence-electron chi connectivity index (χ1n) is 8.87. The number of nitrogens with one attached hydrogen (secondary N) is 2. The molecule has 0 spiro atoms. The number of aromatic amines is 1. The number of carbonyl (C=O) groups is 1. The smallest absolute Gasteiger partial charge is 0.329 e. The van der Waals surface area contributed by atoms with Crippen LogP contribution in [0.25, 0.3) is 11.2 Å². The zero-order valence-electron chi connectivity index (χ0n) is 16.3. The summed E-state index contributed by atoms with van der Waals surface area (Å²) in [5.41, 5.74) is 1.48. The number of likely N-dealkylation sites (tertiary alicyclic amines) is 1. The minimum Gasteiger partial charge on any atom is -0.350 e. The van der Waals surface area contributed by atoms with Gasteiger partial charge in [0.1, 0.15) is 0 Å². The average molecular weight is 386 g/mol. The highest BCUT2D eigenvalue weighted by Gasteiger charge is 2.40. The Balaban J connectivity index is 1.78. The zero-order chi connectivity index (χ0) is 20.3. The second-order valence-corrected chi connectivity index (χ2v) is 7.20. The molecule has 148 valence electrons. The van der Waals surface area contributed by atoms with E-state index < -0.39 is 11.2 Å². The van der Waals surface area contributed by atoms with Crippen LogP contribution < -0.4 is 16.6 Å². The van der Waals surface area contributed by atoms with Crippen molar-refractivity contribution in [3.05, 3.63) is 38.3 Å². The summed E-state index contributed by atoms with van der Waals surface area (Å²) in [5.74, 6) is 0.427. The summed E-state index contributed by atoms with van der Waals surface area (Å²) in [7, 11) is 6.87. The van der Waals surface area contributed by atoms with Crippen LogP contribution in [0.15, 0.2) is 15.8 Å². The minimum absolute atomic E-state index is 0.00904. The Morgan fingerprint density at radius 3 is 2.50 bits per heavy atom. The molecule has 0 aliphatic carbocycles. The fraction of sp³-hybridized carbons (Fsp3) is 0.471. The average Bonchev–Trinajstić information content (AvgIpc) is 3.23. The van der Waals surface area contributed by atoms with Crippen LogP contribution in [0.5, 0.6) is 0 Å². The number of amides is 1. The number of fused-ring (bicyclic) bond motifs is 1. The van der Waals surface area contributed by atoms with Crippen molar-refractivity contribution in [2.45, 2.75) is 25.4 Å². The van der Waals surface area contributed by atoms with Gasteiger partial charge in [0.2, 0.25) is 11.9 Å². The third kappa shape index (κ3) is 2.46. The van der Waals surface area contributed by atoms with E-state index in [4.69, 9.17) is 0 Å². The molecular weight excluding hydrogens is 364 g/mol. The number of aryl methyl sites for hydroxylation is 3. The van der Waals surface area contributed by atoms with Gasteiger partial charge < -0.3 is 14.8 Å². The van der Waals surface area contributed by atoms with E-state index in [1.54, 1.807) is 41.5 Å². The van der Waals surface area contributed by atoms with Crippen LogP contribution in [-0.4, -0.2) is 52.8 Å². The molecule has 11 heteroatoms. The molecule has 28 heavy (non-hydrogen) atoms. The van der Waals surface area contributed by atoms with E-state index in [9.17, 15) is 14.4 Å². The van der Waals surface area contributed by atoms with Crippen molar-refractivity contribution in [2.75, 3.05) is 12.4 Å². The van der Waals surface area contributed by atoms with Gasteiger partial charge in [0.05, 0.1) is 18.3 Å². The number of rotatable bonds is 3. The molecule has 0 bridgehead atoms. The van der Waals surface area contributed by atoms with E-state index in [0.29, 0.717) is 5.95 Å². The number of hydrogen-bond donors (Lipinski definition) is 2. The van der Waals surface area contributed by atoms with Crippen molar-refractivity contribution in [3.63, 3.8) is 0 Å². The first-order chi connectivity index (χ1) is 13.2. The maximum atomic E-state index is 12.4. The molecule has 0 unspecified atom stereocenters. The molecule has 1 fully saturated rings. The lowest BCUT2D eigenvalue weighted by Crippen LogP contribution is -2.31. The highest BCUT2D eigenvalue weighted by molar-refractivity contribution is 5.81. The van der Waals surface area contributed by atoms with Crippen LogP contribution in [0.3, 0.4) is 0 Å². The predicted octanol–water partition coefficient (Wildman–Crippen LogP) is -0.614. The highest BCUT2D eigenvalue weighted by Crippen LogP contribution is 2.35. The molecule has 0 saturated carbocycles. The van der Waals surface area contributed by atoms with Crippen LogP contribution >= 0.6 is 0 Å². The van der Waals surface area contributed by atoms with Crippen molar-refractivity contribution < 1.29 is 4.79 Å². The van der Waals surface area contributed by atoms with Crippen molar-refractivity contribution in [1.29, 1.82) is 0 Å². The van der Waals surface area contributed by atoms with Gasteiger partial charge in [-0.05, 0) is 6.92 Å². The number of carbonyl (C=O) groups excluding carboxylic acids is 1. The molecule has 1 saturated heterocycles. The second-order valence-electron chi connectivity index (χ2n) is 7.20. The second kappa shape index (κ2) is 6.08. The van der Waals surface area contributed by atoms with Crippen LogP contribution in [0.2, 0.25) is 0 Å². The Morgan fingerprint density at radius 2 is 1.86 bits per heavy atom. The third-order valence-electron chi connectivity index (χ3n) is 5.63. The van der Waals surface area contributed by atoms with Gasteiger partial charge in [0.25, 0.3) is 5.56 Å². The molecule has 3 aromatic rings. The summed E-state index contributed by atoms with van der Waals surface area (Å²) in [6.07, 6.45) is 2.06. The van der Waals surface area contributed by atoms with E-state index in [1.165, 1.54) is 4.57 Å². The summed E-state index contributed by atoms with van der Waals surface area (Å²) in [4.78, 5) is 44.9. The Kier molecular flexibility index (Phi) is 3.91. The topological polar surface area (TPSA) is 123 Å². The van der Waals surface area contributed by atoms with Gasteiger partial charge in [-0.25, -0.2) is 4.79 Å². The molecule has 11 nitrogen and oxygen atoms in total. The summed E-state index contributed by atoms with van der Waals surface area (Å²) >= 11 is 0. The number of H-pyrrole nitrogens is 1. The first-order valence-corrected chi connectivity index (χ1v) is 8.87. The predicted molar refractivity (Wildman–Crippen MR) is 102 cm³/mol. The number of aromatic nitrogens is 6. The monoisotopic (exact) mass is 386 g/mol. The number of likely N-dealkylation sites (N-methyl/N-ethyl adjacent to an activating group) is 1. The van der Waals surface area contributed by atoms with E-state index in [0.717, 1.165) is 11.3 Å². The van der Waals surface area contributed by atoms with Crippen LogP contribution in [-0.2, 0) is 25.9 Å². The van der Waals surface area contributed by atoms with E-state index in [-0.39, 0.29) is 35.6 Å². The fourth-order valence-electron chi connectivity index (χ4n) is 3.83. The standard InChI is InChI=1S/C17H22N8O3/c1-8-9(7-18-25(8)5)12-10(6-11(26)22(12)2)19-16-20-14-13(23(16)3)15(27)21-17(28)24(14)4/h7,10,12H,6H2,1-5H3,(H,19,20)(H,21,27,28)/t10-,12+/m1/s1. The fourth-order valence-corrected chi connectivity index (χ4v) is 3.83. The van der Waals surface area contributed by atoms with Crippen molar-refractivity contribution in [2.24, 2.45) is 21.1 Å². The summed E-state index contributed by atoms with van der Waals surface area (Å²) in [6, 6.07) is -0.477. The van der Waals surface area contributed by atoms with Gasteiger partial charge in [0, 0.05) is 45.9 Å². The molecule has 4 rings (SSSR count). The van der Waals surface area contributed by atoms with Crippen molar-refractivity contribution in [3.8, 4) is 0 Å². The molecule has 0 aromatic carbocycles. The molecule has 3 aromatic heterocycles. The Hall–Kier alpha value is -3.37. The zero-order valence-corrected chi connectivity index (χ0v) is 16.3. The normalized spacial score (nSPS) is 19.8. The lowest BCUT2D eigenvalue weighted by molar-refractivity contribution is -0.127. The number of anilines is 1. The van der Waals surface area contributed by atoms with Gasteiger partial charge in [-0.15, -0.1) is 0 Å². The molecule has 2 atom stereocenters. The molecule has 4 heterocycles. The largest absolute Gasteiger partial charge is 0.350 e. The number of nitrogens with zero attached hydrogens (tertiary/aromatic N) is 6. The van der Waals surface area contributed by atoms with Crippen molar-refractivity contribution >= 4 is 23.0 Å². The SMILES string of the molecule is Cc1c([C@H]2[C@H](Nc3nc4c(c(=O)[nH]c(=O)n4C)n3C)CC(=O)N2C)cnn1C. The molecular formula is C17H22N8O3. The minimum atomic E-state index is -0.526. The molecule has 1 amide bonds. The quantitative estimate of drug-likeness (QED) is 0.619. The van der Waals surface area contributed by atoms with Crippen LogP contribution in [0.4, 0.5) is 5.95 Å². The number of hydrogen-bond acceptors (Lipinski definition) is 6. The number of imidazole rings is 1. The molecule has 1 aliphatic heterocycles. The van der Waals surface area contributed by atoms with Crippen LogP contribution in [0.1, 0.15) is 23.7 Å². The summed E-state index contributed by atoms with van der Waals surface area (Å²) in [5, 5.41) is 7.60. The maximum absolute atomic E-state index is 12.4. The Morgan fingerprint density at radius 1 is 1.14 bits per heavy atom. The molecule has 2 N–H and O–H groups in total. The lowest BCUT2D eigenvalue weighted by atomic mass is 10.0. The van der Waals surface area contributed by atoms with Gasteiger partial charge in [-0.1, -0.05) is 0 Å². The lowest BCUT2D eigenvalue weighted by Gasteiger charge is -2.25. The van der Waals surface area contributed by atoms with Gasteiger partial charge in [-0.3, -0.25) is 23.8 Å². The van der Waals surface area contributed by atoms with E-state index >= 15 is 0 Å². The maximum Gasteiger partial charge on any atom is 0.329 e. The Bertz CT molecular complexity index is 1210. The van der Waals surface area contributed by atoms with Crippen molar-refractivity contribution in [1.82, 2.24) is 33.8 Å². The molecule has 0 radical (unpaired) electrons. The van der Waals surface area contributed by atoms with Gasteiger partial charge >= 0.3 is 5.69 Å². The van der Waals surface area contributed by atoms with Crippen LogP contribution in [0, 0.1) is 6.92 Å². The van der Waals surface area contributed by atoms with E-state index in [1.807, 2.05) is 14.0 Å². The highest BCUT2D eigenvalue weighted by atomic mass is 16.2. The summed E-state index contributed by atoms with van der Waals surface area (Å²) in [6.45, 7) is 1.96. The Labute approximate surface area is 159 Å². The third-order valence-corrected chi connectivity index (χ3v) is 5.63. The van der Waals surface area contributed by atoms with E-state index in [2.05, 4.69) is 20.4 Å². The molecule has 1 aliphatic rings. The van der Waals surface area contributed by atoms with Gasteiger partial charge in [0.15, 0.2) is 11.2 Å². The summed E-state index contributed by atoms with van der Waals surface area (Å²) < 4.78 is 4.66. The first kappa shape index (κ1) is 18.0. The van der Waals surface area contributed by atoms with Gasteiger partial charge in [-0.2, -0.15) is 10.1 Å².